The Kier molecular flexibility index (Phi) is 17.7. The quantitative estimate of drug-likeness (QED) is 0.0362. The molecule has 0 heterocycles. The first kappa shape index (κ1) is 34.5. The van der Waals surface area contributed by atoms with Crippen molar-refractivity contribution in [3.05, 3.63) is 28.3 Å². The number of thiocarbonyl (C=S) groups is 1. The fourth-order valence-electron chi connectivity index (χ4n) is 3.92. The predicted octanol–water partition coefficient (Wildman–Crippen LogP) is 8.18. The van der Waals surface area contributed by atoms with Crippen LogP contribution in [0.2, 0.25) is 0 Å². The van der Waals surface area contributed by atoms with Crippen LogP contribution in [0.3, 0.4) is 0 Å². The molecule has 3 N–H and O–H groups in total. The molecule has 0 spiro atoms. The molecule has 1 aromatic carbocycles. The van der Waals surface area contributed by atoms with Crippen molar-refractivity contribution in [3.8, 4) is 5.75 Å². The number of anilines is 1. The number of hydrogen-bond acceptors (Lipinski definition) is 5. The van der Waals surface area contributed by atoms with Crippen LogP contribution in [0, 0.1) is 10.1 Å². The molecule has 0 radical (unpaired) electrons. The number of alkyl halides is 3. The van der Waals surface area contributed by atoms with Gasteiger partial charge in [-0.1, -0.05) is 119 Å². The number of unbranched alkanes of at least 4 members (excludes halogenated alkanes) is 12. The third-order valence-electron chi connectivity index (χ3n) is 6.06. The van der Waals surface area contributed by atoms with Gasteiger partial charge in [0.05, 0.1) is 23.8 Å². The van der Waals surface area contributed by atoms with Gasteiger partial charge in [-0.2, -0.15) is 0 Å². The van der Waals surface area contributed by atoms with E-state index in [-0.39, 0.29) is 22.5 Å². The Morgan fingerprint density at radius 2 is 1.50 bits per heavy atom. The monoisotopic (exact) mass is 610 g/mol. The smallest absolute Gasteiger partial charge is 0.273 e. The summed E-state index contributed by atoms with van der Waals surface area (Å²) in [5.41, 5.74) is 0.239. The number of nitrogens with zero attached hydrogens (tertiary/aromatic N) is 1. The van der Waals surface area contributed by atoms with Gasteiger partial charge in [-0.05, 0) is 24.7 Å². The molecule has 0 saturated carbocycles. The van der Waals surface area contributed by atoms with Crippen LogP contribution < -0.4 is 20.7 Å². The van der Waals surface area contributed by atoms with Gasteiger partial charge in [0.2, 0.25) is 9.70 Å². The van der Waals surface area contributed by atoms with Crippen LogP contribution in [0.25, 0.3) is 0 Å². The number of rotatable bonds is 19. The first-order valence-electron chi connectivity index (χ1n) is 13.3. The number of amides is 1. The number of carbonyl (C=O) groups excluding carboxylic acids is 1. The van der Waals surface area contributed by atoms with E-state index < -0.39 is 14.9 Å². The van der Waals surface area contributed by atoms with Crippen molar-refractivity contribution in [2.24, 2.45) is 0 Å². The third kappa shape index (κ3) is 15.1. The number of methoxy groups -OCH3 is 1. The molecular formula is C26H41Cl3N4O4S. The van der Waals surface area contributed by atoms with Crippen molar-refractivity contribution in [3.63, 3.8) is 0 Å². The largest absolute Gasteiger partial charge is 0.494 e. The van der Waals surface area contributed by atoms with Gasteiger partial charge in [0.15, 0.2) is 5.11 Å². The number of carbonyl (C=O) groups is 1. The summed E-state index contributed by atoms with van der Waals surface area (Å²) in [6, 6.07) is 4.01. The van der Waals surface area contributed by atoms with Gasteiger partial charge < -0.3 is 20.7 Å². The molecule has 0 aliphatic heterocycles. The molecule has 216 valence electrons. The lowest BCUT2D eigenvalue weighted by molar-refractivity contribution is -0.384. The van der Waals surface area contributed by atoms with Gasteiger partial charge in [0.25, 0.3) is 5.69 Å². The molecule has 1 atom stereocenters. The number of benzene rings is 1. The minimum atomic E-state index is -1.88. The fraction of sp³-hybridized carbons (Fsp3) is 0.692. The Morgan fingerprint density at radius 1 is 0.974 bits per heavy atom. The van der Waals surface area contributed by atoms with E-state index in [9.17, 15) is 14.9 Å². The molecule has 0 unspecified atom stereocenters. The number of non-ortho nitro benzene ring substituents is 1. The van der Waals surface area contributed by atoms with E-state index in [4.69, 9.17) is 51.8 Å². The Labute approximate surface area is 247 Å². The first-order valence-corrected chi connectivity index (χ1v) is 14.9. The topological polar surface area (TPSA) is 106 Å². The molecule has 8 nitrogen and oxygen atoms in total. The second-order valence-electron chi connectivity index (χ2n) is 9.27. The first-order chi connectivity index (χ1) is 18.1. The van der Waals surface area contributed by atoms with Crippen molar-refractivity contribution in [2.45, 2.75) is 107 Å². The van der Waals surface area contributed by atoms with Crippen molar-refractivity contribution in [1.82, 2.24) is 10.6 Å². The maximum atomic E-state index is 12.5. The highest BCUT2D eigenvalue weighted by atomic mass is 35.6. The molecule has 12 heteroatoms. The zero-order chi connectivity index (χ0) is 28.4. The van der Waals surface area contributed by atoms with Crippen molar-refractivity contribution >= 4 is 69.4 Å². The number of halogens is 3. The van der Waals surface area contributed by atoms with Gasteiger partial charge in [-0.3, -0.25) is 14.9 Å². The van der Waals surface area contributed by atoms with Crippen LogP contribution in [-0.2, 0) is 4.79 Å². The van der Waals surface area contributed by atoms with Crippen LogP contribution in [0.15, 0.2) is 18.2 Å². The maximum Gasteiger partial charge on any atom is 0.273 e. The Hall–Kier alpha value is -1.55. The van der Waals surface area contributed by atoms with Gasteiger partial charge in [-0.25, -0.2) is 0 Å². The molecule has 0 aliphatic carbocycles. The molecule has 0 bridgehead atoms. The van der Waals surface area contributed by atoms with E-state index in [1.165, 1.54) is 89.5 Å². The van der Waals surface area contributed by atoms with Crippen LogP contribution in [-0.4, -0.2) is 33.0 Å². The molecule has 38 heavy (non-hydrogen) atoms. The van der Waals surface area contributed by atoms with Gasteiger partial charge in [0, 0.05) is 12.5 Å². The van der Waals surface area contributed by atoms with E-state index in [1.807, 2.05) is 0 Å². The fourth-order valence-corrected chi connectivity index (χ4v) is 4.48. The molecule has 1 amide bonds. The summed E-state index contributed by atoms with van der Waals surface area (Å²) in [4.78, 5) is 22.9. The Bertz CT molecular complexity index is 871. The lowest BCUT2D eigenvalue weighted by Crippen LogP contribution is -2.56. The zero-order valence-electron chi connectivity index (χ0n) is 22.3. The molecule has 0 saturated heterocycles. The second kappa shape index (κ2) is 19.5. The summed E-state index contributed by atoms with van der Waals surface area (Å²) in [6.45, 7) is 2.24. The average molecular weight is 612 g/mol. The summed E-state index contributed by atoms with van der Waals surface area (Å²) < 4.78 is 3.31. The number of ether oxygens (including phenoxy) is 1. The normalized spacial score (nSPS) is 12.0. The van der Waals surface area contributed by atoms with Gasteiger partial charge >= 0.3 is 0 Å². The highest BCUT2D eigenvalue weighted by Crippen LogP contribution is 2.31. The predicted molar refractivity (Wildman–Crippen MR) is 162 cm³/mol. The van der Waals surface area contributed by atoms with Crippen LogP contribution in [0.5, 0.6) is 5.75 Å². The SMILES string of the molecule is CCCCCCCCCCCCCCCC(=O)N[C@@H](NC(=S)Nc1ccc([N+](=O)[O-])cc1OC)C(Cl)(Cl)Cl. The second-order valence-corrected chi connectivity index (χ2v) is 12.1. The summed E-state index contributed by atoms with van der Waals surface area (Å²) in [7, 11) is 1.38. The summed E-state index contributed by atoms with van der Waals surface area (Å²) >= 11 is 23.5. The summed E-state index contributed by atoms with van der Waals surface area (Å²) in [6.07, 6.45) is 15.1. The average Bonchev–Trinajstić information content (AvgIpc) is 2.86. The van der Waals surface area contributed by atoms with Gasteiger partial charge in [0.1, 0.15) is 11.9 Å². The molecule has 0 fully saturated rings. The van der Waals surface area contributed by atoms with Crippen LogP contribution in [0.4, 0.5) is 11.4 Å². The standard InChI is InChI=1S/C26H41Cl3N4O4S/c1-3-4-5-6-7-8-9-10-11-12-13-14-15-16-23(34)31-24(26(27,28)29)32-25(38)30-21-18-17-20(33(35)36)19-22(21)37-2/h17-19,24H,3-16H2,1-2H3,(H,31,34)(H2,30,32,38)/t24-/m0/s1. The van der Waals surface area contributed by atoms with E-state index in [0.717, 1.165) is 19.3 Å². The molecule has 1 aromatic rings. The third-order valence-corrected chi connectivity index (χ3v) is 6.93. The summed E-state index contributed by atoms with van der Waals surface area (Å²) in [5.74, 6) is -0.0483. The van der Waals surface area contributed by atoms with E-state index in [1.54, 1.807) is 0 Å². The van der Waals surface area contributed by atoms with Crippen molar-refractivity contribution in [2.75, 3.05) is 12.4 Å². The highest BCUT2D eigenvalue weighted by molar-refractivity contribution is 7.80. The lowest BCUT2D eigenvalue weighted by atomic mass is 10.0. The number of nitro groups is 1. The van der Waals surface area contributed by atoms with E-state index in [2.05, 4.69) is 22.9 Å². The van der Waals surface area contributed by atoms with Crippen LogP contribution in [0.1, 0.15) is 96.8 Å². The van der Waals surface area contributed by atoms with Crippen molar-refractivity contribution < 1.29 is 14.5 Å². The van der Waals surface area contributed by atoms with E-state index >= 15 is 0 Å². The minimum absolute atomic E-state index is 0.0368. The summed E-state index contributed by atoms with van der Waals surface area (Å²) in [5, 5.41) is 19.3. The van der Waals surface area contributed by atoms with Crippen LogP contribution >= 0.6 is 47.0 Å². The minimum Gasteiger partial charge on any atom is -0.494 e. The maximum absolute atomic E-state index is 12.5. The Morgan fingerprint density at radius 3 is 1.97 bits per heavy atom. The molecular weight excluding hydrogens is 571 g/mol. The van der Waals surface area contributed by atoms with Crippen molar-refractivity contribution in [1.29, 1.82) is 0 Å². The highest BCUT2D eigenvalue weighted by Gasteiger charge is 2.34. The van der Waals surface area contributed by atoms with E-state index in [0.29, 0.717) is 12.1 Å². The zero-order valence-corrected chi connectivity index (χ0v) is 25.4. The number of hydrogen-bond donors (Lipinski definition) is 3. The molecule has 0 aromatic heterocycles. The number of nitrogens with one attached hydrogen (secondary N) is 3. The lowest BCUT2D eigenvalue weighted by Gasteiger charge is -2.28. The van der Waals surface area contributed by atoms with Gasteiger partial charge in [-0.15, -0.1) is 0 Å². The Balaban J connectivity index is 2.35. The molecule has 0 aliphatic rings. The number of nitro benzene ring substituents is 1. The molecule has 1 rings (SSSR count).